The van der Waals surface area contributed by atoms with E-state index in [9.17, 15) is 0 Å². The smallest absolute Gasteiger partial charge is 0.128 e. The van der Waals surface area contributed by atoms with Crippen molar-refractivity contribution in [2.75, 3.05) is 31.1 Å². The molecule has 1 saturated heterocycles. The van der Waals surface area contributed by atoms with Gasteiger partial charge in [-0.2, -0.15) is 5.10 Å². The summed E-state index contributed by atoms with van der Waals surface area (Å²) in [5, 5.41) is 6.80. The standard InChI is InChI=1S/C24H25N3O/c1-20-10-12-22(13-11-20)26-14-16-27(17-15-26)25-19-21-6-5-9-24(18-21)28-23-7-3-2-4-8-23/h2-13,18-19H,14-17H2,1H3/b25-19+. The molecule has 1 heterocycles. The Morgan fingerprint density at radius 1 is 0.786 bits per heavy atom. The Labute approximate surface area is 166 Å². The summed E-state index contributed by atoms with van der Waals surface area (Å²) < 4.78 is 5.90. The number of para-hydroxylation sites is 1. The molecule has 4 heteroatoms. The highest BCUT2D eigenvalue weighted by molar-refractivity contribution is 5.80. The molecule has 28 heavy (non-hydrogen) atoms. The number of hydrogen-bond acceptors (Lipinski definition) is 4. The van der Waals surface area contributed by atoms with E-state index in [4.69, 9.17) is 4.74 Å². The van der Waals surface area contributed by atoms with Crippen molar-refractivity contribution < 1.29 is 4.74 Å². The van der Waals surface area contributed by atoms with Crippen LogP contribution in [0.5, 0.6) is 11.5 Å². The maximum Gasteiger partial charge on any atom is 0.128 e. The largest absolute Gasteiger partial charge is 0.457 e. The van der Waals surface area contributed by atoms with Crippen LogP contribution in [-0.4, -0.2) is 37.4 Å². The second-order valence-electron chi connectivity index (χ2n) is 7.01. The van der Waals surface area contributed by atoms with Gasteiger partial charge in [0.25, 0.3) is 0 Å². The Bertz CT molecular complexity index is 914. The van der Waals surface area contributed by atoms with E-state index in [0.29, 0.717) is 0 Å². The highest BCUT2D eigenvalue weighted by atomic mass is 16.5. The Morgan fingerprint density at radius 3 is 2.25 bits per heavy atom. The first-order valence-corrected chi connectivity index (χ1v) is 9.70. The topological polar surface area (TPSA) is 28.1 Å². The van der Waals surface area contributed by atoms with E-state index in [1.807, 2.05) is 60.8 Å². The maximum atomic E-state index is 5.90. The van der Waals surface area contributed by atoms with Crippen molar-refractivity contribution in [3.8, 4) is 11.5 Å². The molecule has 1 fully saturated rings. The lowest BCUT2D eigenvalue weighted by Gasteiger charge is -2.34. The van der Waals surface area contributed by atoms with E-state index in [1.54, 1.807) is 0 Å². The lowest BCUT2D eigenvalue weighted by molar-refractivity contribution is 0.272. The van der Waals surface area contributed by atoms with Crippen molar-refractivity contribution in [3.05, 3.63) is 90.0 Å². The van der Waals surface area contributed by atoms with Gasteiger partial charge in [-0.15, -0.1) is 0 Å². The van der Waals surface area contributed by atoms with Crippen LogP contribution in [0.2, 0.25) is 0 Å². The predicted molar refractivity (Wildman–Crippen MR) is 116 cm³/mol. The van der Waals surface area contributed by atoms with Gasteiger partial charge in [-0.05, 0) is 48.9 Å². The molecule has 0 spiro atoms. The quantitative estimate of drug-likeness (QED) is 0.595. The summed E-state index contributed by atoms with van der Waals surface area (Å²) in [7, 11) is 0. The normalized spacial score (nSPS) is 14.5. The van der Waals surface area contributed by atoms with Gasteiger partial charge in [-0.3, -0.25) is 5.01 Å². The fourth-order valence-electron chi connectivity index (χ4n) is 3.26. The van der Waals surface area contributed by atoms with Crippen LogP contribution in [0.4, 0.5) is 5.69 Å². The van der Waals surface area contributed by atoms with Crippen molar-refractivity contribution >= 4 is 11.9 Å². The molecule has 4 nitrogen and oxygen atoms in total. The van der Waals surface area contributed by atoms with E-state index in [1.165, 1.54) is 11.3 Å². The lowest BCUT2D eigenvalue weighted by Crippen LogP contribution is -2.44. The fourth-order valence-corrected chi connectivity index (χ4v) is 3.26. The van der Waals surface area contributed by atoms with Crippen LogP contribution >= 0.6 is 0 Å². The average Bonchev–Trinajstić information content (AvgIpc) is 2.74. The van der Waals surface area contributed by atoms with E-state index < -0.39 is 0 Å². The van der Waals surface area contributed by atoms with Gasteiger partial charge >= 0.3 is 0 Å². The number of anilines is 1. The van der Waals surface area contributed by atoms with Crippen molar-refractivity contribution in [1.82, 2.24) is 5.01 Å². The van der Waals surface area contributed by atoms with Gasteiger partial charge in [0.2, 0.25) is 0 Å². The minimum Gasteiger partial charge on any atom is -0.457 e. The van der Waals surface area contributed by atoms with Gasteiger partial charge in [0, 0.05) is 18.8 Å². The van der Waals surface area contributed by atoms with E-state index in [0.717, 1.165) is 43.2 Å². The summed E-state index contributed by atoms with van der Waals surface area (Å²) in [6.45, 7) is 5.93. The molecule has 1 aliphatic heterocycles. The third-order valence-electron chi connectivity index (χ3n) is 4.86. The van der Waals surface area contributed by atoms with Crippen LogP contribution in [-0.2, 0) is 0 Å². The Morgan fingerprint density at radius 2 is 1.50 bits per heavy atom. The molecule has 0 N–H and O–H groups in total. The summed E-state index contributed by atoms with van der Waals surface area (Å²) >= 11 is 0. The lowest BCUT2D eigenvalue weighted by atomic mass is 10.2. The zero-order chi connectivity index (χ0) is 19.2. The Kier molecular flexibility index (Phi) is 5.57. The summed E-state index contributed by atoms with van der Waals surface area (Å²) in [6, 6.07) is 26.6. The van der Waals surface area contributed by atoms with Crippen LogP contribution < -0.4 is 9.64 Å². The fraction of sp³-hybridized carbons (Fsp3) is 0.208. The number of nitrogens with zero attached hydrogens (tertiary/aromatic N) is 3. The molecule has 0 radical (unpaired) electrons. The second-order valence-corrected chi connectivity index (χ2v) is 7.01. The van der Waals surface area contributed by atoms with Crippen molar-refractivity contribution in [3.63, 3.8) is 0 Å². The number of aryl methyl sites for hydroxylation is 1. The third-order valence-corrected chi connectivity index (χ3v) is 4.86. The van der Waals surface area contributed by atoms with Gasteiger partial charge in [0.05, 0.1) is 19.3 Å². The first kappa shape index (κ1) is 18.1. The summed E-state index contributed by atoms with van der Waals surface area (Å²) in [4.78, 5) is 2.42. The van der Waals surface area contributed by atoms with Crippen molar-refractivity contribution in [1.29, 1.82) is 0 Å². The van der Waals surface area contributed by atoms with Crippen LogP contribution in [0, 0.1) is 6.92 Å². The van der Waals surface area contributed by atoms with Crippen molar-refractivity contribution in [2.24, 2.45) is 5.10 Å². The summed E-state index contributed by atoms with van der Waals surface area (Å²) in [5.74, 6) is 1.66. The van der Waals surface area contributed by atoms with Gasteiger partial charge in [0.15, 0.2) is 0 Å². The molecule has 0 bridgehead atoms. The Balaban J connectivity index is 1.33. The van der Waals surface area contributed by atoms with Gasteiger partial charge in [-0.25, -0.2) is 0 Å². The van der Waals surface area contributed by atoms with Crippen LogP contribution in [0.3, 0.4) is 0 Å². The molecule has 0 atom stereocenters. The van der Waals surface area contributed by atoms with Crippen LogP contribution in [0.15, 0.2) is 84.0 Å². The molecule has 0 aromatic heterocycles. The van der Waals surface area contributed by atoms with E-state index in [2.05, 4.69) is 46.2 Å². The van der Waals surface area contributed by atoms with Crippen LogP contribution in [0.25, 0.3) is 0 Å². The molecule has 0 unspecified atom stereocenters. The highest BCUT2D eigenvalue weighted by Crippen LogP contribution is 2.21. The zero-order valence-corrected chi connectivity index (χ0v) is 16.2. The van der Waals surface area contributed by atoms with E-state index >= 15 is 0 Å². The molecule has 0 amide bonds. The first-order valence-electron chi connectivity index (χ1n) is 9.70. The van der Waals surface area contributed by atoms with Crippen molar-refractivity contribution in [2.45, 2.75) is 6.92 Å². The highest BCUT2D eigenvalue weighted by Gasteiger charge is 2.15. The second kappa shape index (κ2) is 8.61. The maximum absolute atomic E-state index is 5.90. The first-order chi connectivity index (χ1) is 13.8. The molecule has 0 aliphatic carbocycles. The number of hydrazone groups is 1. The molecule has 4 rings (SSSR count). The van der Waals surface area contributed by atoms with E-state index in [-0.39, 0.29) is 0 Å². The van der Waals surface area contributed by atoms with Gasteiger partial charge in [-0.1, -0.05) is 48.0 Å². The number of piperazine rings is 1. The molecule has 3 aromatic rings. The predicted octanol–water partition coefficient (Wildman–Crippen LogP) is 4.94. The van der Waals surface area contributed by atoms with Gasteiger partial charge < -0.3 is 9.64 Å². The Hall–Kier alpha value is -3.27. The minimum absolute atomic E-state index is 0.819. The molecule has 3 aromatic carbocycles. The summed E-state index contributed by atoms with van der Waals surface area (Å²) in [6.07, 6.45) is 1.92. The number of rotatable bonds is 5. The summed E-state index contributed by atoms with van der Waals surface area (Å²) in [5.41, 5.74) is 3.62. The number of benzene rings is 3. The number of ether oxygens (including phenoxy) is 1. The molecule has 0 saturated carbocycles. The molecular weight excluding hydrogens is 346 g/mol. The van der Waals surface area contributed by atoms with Gasteiger partial charge in [0.1, 0.15) is 11.5 Å². The monoisotopic (exact) mass is 371 g/mol. The molecular formula is C24H25N3O. The minimum atomic E-state index is 0.819. The molecule has 1 aliphatic rings. The zero-order valence-electron chi connectivity index (χ0n) is 16.2. The third kappa shape index (κ3) is 4.71. The number of hydrogen-bond donors (Lipinski definition) is 0. The van der Waals surface area contributed by atoms with Crippen LogP contribution in [0.1, 0.15) is 11.1 Å². The average molecular weight is 371 g/mol. The SMILES string of the molecule is Cc1ccc(N2CCN(/N=C/c3cccc(Oc4ccccc4)c3)CC2)cc1. The molecule has 142 valence electrons.